The van der Waals surface area contributed by atoms with Gasteiger partial charge in [0.2, 0.25) is 5.82 Å². The van der Waals surface area contributed by atoms with Gasteiger partial charge in [0.05, 0.1) is 12.3 Å². The van der Waals surface area contributed by atoms with Crippen molar-refractivity contribution in [3.05, 3.63) is 23.3 Å². The summed E-state index contributed by atoms with van der Waals surface area (Å²) in [5.41, 5.74) is 6.80. The van der Waals surface area contributed by atoms with Gasteiger partial charge in [-0.05, 0) is 12.8 Å². The van der Waals surface area contributed by atoms with Gasteiger partial charge in [0.15, 0.2) is 0 Å². The van der Waals surface area contributed by atoms with Gasteiger partial charge in [-0.25, -0.2) is 9.97 Å². The first-order valence-electron chi connectivity index (χ1n) is 5.51. The molecule has 1 amide bonds. The van der Waals surface area contributed by atoms with Gasteiger partial charge in [-0.15, -0.1) is 0 Å². The molecule has 0 radical (unpaired) electrons. The first-order chi connectivity index (χ1) is 7.71. The van der Waals surface area contributed by atoms with Gasteiger partial charge in [-0.2, -0.15) is 0 Å². The molecule has 0 bridgehead atoms. The first kappa shape index (κ1) is 9.72. The SMILES string of the molecule is NC(=O)c1ncc2c(n1)C1(CCCC1)OC2. The molecule has 0 saturated heterocycles. The van der Waals surface area contributed by atoms with E-state index in [1.807, 2.05) is 0 Å². The number of primary amides is 1. The predicted octanol–water partition coefficient (Wildman–Crippen LogP) is 0.875. The van der Waals surface area contributed by atoms with E-state index in [4.69, 9.17) is 10.5 Å². The molecule has 5 nitrogen and oxygen atoms in total. The maximum atomic E-state index is 11.1. The molecule has 2 aliphatic rings. The Balaban J connectivity index is 2.09. The minimum Gasteiger partial charge on any atom is -0.364 e. The normalized spacial score (nSPS) is 21.2. The molecule has 1 aromatic rings. The highest BCUT2D eigenvalue weighted by Crippen LogP contribution is 2.46. The average molecular weight is 219 g/mol. The Hall–Kier alpha value is -1.49. The van der Waals surface area contributed by atoms with Gasteiger partial charge < -0.3 is 10.5 Å². The second kappa shape index (κ2) is 3.25. The Kier molecular flexibility index (Phi) is 1.97. The number of carbonyl (C=O) groups excluding carboxylic acids is 1. The smallest absolute Gasteiger partial charge is 0.286 e. The van der Waals surface area contributed by atoms with Crippen LogP contribution in [0.25, 0.3) is 0 Å². The Morgan fingerprint density at radius 1 is 1.44 bits per heavy atom. The summed E-state index contributed by atoms with van der Waals surface area (Å²) in [7, 11) is 0. The zero-order chi connectivity index (χ0) is 11.2. The molecule has 16 heavy (non-hydrogen) atoms. The number of hydrogen-bond acceptors (Lipinski definition) is 4. The molecule has 1 aromatic heterocycles. The molecule has 3 rings (SSSR count). The summed E-state index contributed by atoms with van der Waals surface area (Å²) in [4.78, 5) is 19.3. The lowest BCUT2D eigenvalue weighted by Crippen LogP contribution is -2.24. The number of nitrogens with two attached hydrogens (primary N) is 1. The molecule has 1 fully saturated rings. The molecule has 1 aliphatic heterocycles. The summed E-state index contributed by atoms with van der Waals surface area (Å²) in [5.74, 6) is -0.488. The Bertz CT molecular complexity index is 453. The lowest BCUT2D eigenvalue weighted by Gasteiger charge is -2.22. The Morgan fingerprint density at radius 3 is 2.88 bits per heavy atom. The Morgan fingerprint density at radius 2 is 2.19 bits per heavy atom. The van der Waals surface area contributed by atoms with Crippen LogP contribution in [0.4, 0.5) is 0 Å². The number of fused-ring (bicyclic) bond motifs is 2. The summed E-state index contributed by atoms with van der Waals surface area (Å²) in [6, 6.07) is 0. The number of aromatic nitrogens is 2. The summed E-state index contributed by atoms with van der Waals surface area (Å²) >= 11 is 0. The van der Waals surface area contributed by atoms with E-state index in [1.54, 1.807) is 6.20 Å². The maximum Gasteiger partial charge on any atom is 0.286 e. The summed E-state index contributed by atoms with van der Waals surface area (Å²) in [6.45, 7) is 0.550. The number of nitrogens with zero attached hydrogens (tertiary/aromatic N) is 2. The van der Waals surface area contributed by atoms with E-state index in [1.165, 1.54) is 0 Å². The number of hydrogen-bond donors (Lipinski definition) is 1. The van der Waals surface area contributed by atoms with Gasteiger partial charge in [0.1, 0.15) is 5.60 Å². The van der Waals surface area contributed by atoms with Gasteiger partial charge in [-0.3, -0.25) is 4.79 Å². The van der Waals surface area contributed by atoms with Crippen LogP contribution in [0.15, 0.2) is 6.20 Å². The summed E-state index contributed by atoms with van der Waals surface area (Å²) in [6.07, 6.45) is 5.92. The third-order valence-electron chi connectivity index (χ3n) is 3.43. The van der Waals surface area contributed by atoms with E-state index in [-0.39, 0.29) is 11.4 Å². The molecule has 2 N–H and O–H groups in total. The highest BCUT2D eigenvalue weighted by Gasteiger charge is 2.44. The lowest BCUT2D eigenvalue weighted by atomic mass is 9.97. The van der Waals surface area contributed by atoms with Gasteiger partial charge in [0, 0.05) is 11.8 Å². The van der Waals surface area contributed by atoms with Crippen molar-refractivity contribution in [1.82, 2.24) is 9.97 Å². The minimum absolute atomic E-state index is 0.0931. The number of carbonyl (C=O) groups is 1. The molecule has 1 aliphatic carbocycles. The number of ether oxygens (including phenoxy) is 1. The molecule has 1 spiro atoms. The molecule has 5 heteroatoms. The van der Waals surface area contributed by atoms with E-state index in [0.717, 1.165) is 36.9 Å². The van der Waals surface area contributed by atoms with Crippen LogP contribution >= 0.6 is 0 Å². The van der Waals surface area contributed by atoms with Crippen molar-refractivity contribution in [3.8, 4) is 0 Å². The van der Waals surface area contributed by atoms with Crippen LogP contribution in [0.2, 0.25) is 0 Å². The molecule has 1 saturated carbocycles. The van der Waals surface area contributed by atoms with Crippen LogP contribution in [0.3, 0.4) is 0 Å². The second-order valence-electron chi connectivity index (χ2n) is 4.42. The summed E-state index contributed by atoms with van der Waals surface area (Å²) in [5, 5.41) is 0. The van der Waals surface area contributed by atoms with E-state index in [0.29, 0.717) is 6.61 Å². The van der Waals surface area contributed by atoms with Gasteiger partial charge >= 0.3 is 0 Å². The maximum absolute atomic E-state index is 11.1. The van der Waals surface area contributed by atoms with Gasteiger partial charge in [0.25, 0.3) is 5.91 Å². The quantitative estimate of drug-likeness (QED) is 0.760. The van der Waals surface area contributed by atoms with Crippen molar-refractivity contribution >= 4 is 5.91 Å². The third-order valence-corrected chi connectivity index (χ3v) is 3.43. The van der Waals surface area contributed by atoms with Crippen molar-refractivity contribution in [2.45, 2.75) is 37.9 Å². The standard InChI is InChI=1S/C11H13N3O2/c12-9(15)10-13-5-7-6-16-11(8(7)14-10)3-1-2-4-11/h5H,1-4,6H2,(H2,12,15). The van der Waals surface area contributed by atoms with Crippen LogP contribution in [0, 0.1) is 0 Å². The molecular weight excluding hydrogens is 206 g/mol. The highest BCUT2D eigenvalue weighted by atomic mass is 16.5. The van der Waals surface area contributed by atoms with Crippen molar-refractivity contribution in [2.75, 3.05) is 0 Å². The molecular formula is C11H13N3O2. The minimum atomic E-state index is -0.581. The third kappa shape index (κ3) is 1.24. The zero-order valence-electron chi connectivity index (χ0n) is 8.90. The van der Waals surface area contributed by atoms with E-state index in [9.17, 15) is 4.79 Å². The van der Waals surface area contributed by atoms with Crippen molar-refractivity contribution in [1.29, 1.82) is 0 Å². The largest absolute Gasteiger partial charge is 0.364 e. The van der Waals surface area contributed by atoms with Crippen LogP contribution in [-0.4, -0.2) is 15.9 Å². The molecule has 2 heterocycles. The van der Waals surface area contributed by atoms with Crippen molar-refractivity contribution < 1.29 is 9.53 Å². The van der Waals surface area contributed by atoms with Crippen LogP contribution in [0.1, 0.15) is 47.6 Å². The lowest BCUT2D eigenvalue weighted by molar-refractivity contribution is -0.0347. The molecule has 84 valence electrons. The van der Waals surface area contributed by atoms with E-state index < -0.39 is 5.91 Å². The fraction of sp³-hybridized carbons (Fsp3) is 0.545. The fourth-order valence-electron chi connectivity index (χ4n) is 2.64. The average Bonchev–Trinajstić information content (AvgIpc) is 2.88. The fourth-order valence-corrected chi connectivity index (χ4v) is 2.64. The first-order valence-corrected chi connectivity index (χ1v) is 5.51. The topological polar surface area (TPSA) is 78.1 Å². The van der Waals surface area contributed by atoms with Crippen LogP contribution in [-0.2, 0) is 16.9 Å². The van der Waals surface area contributed by atoms with E-state index >= 15 is 0 Å². The van der Waals surface area contributed by atoms with E-state index in [2.05, 4.69) is 9.97 Å². The number of amides is 1. The molecule has 0 atom stereocenters. The number of rotatable bonds is 1. The monoisotopic (exact) mass is 219 g/mol. The predicted molar refractivity (Wildman–Crippen MR) is 55.5 cm³/mol. The molecule has 0 unspecified atom stereocenters. The molecule has 0 aromatic carbocycles. The van der Waals surface area contributed by atoms with Crippen LogP contribution < -0.4 is 5.73 Å². The Labute approximate surface area is 93.0 Å². The summed E-state index contributed by atoms with van der Waals surface area (Å²) < 4.78 is 5.85. The van der Waals surface area contributed by atoms with Gasteiger partial charge in [-0.1, -0.05) is 12.8 Å². The van der Waals surface area contributed by atoms with Crippen molar-refractivity contribution in [3.63, 3.8) is 0 Å². The van der Waals surface area contributed by atoms with Crippen molar-refractivity contribution in [2.24, 2.45) is 5.73 Å². The van der Waals surface area contributed by atoms with Crippen LogP contribution in [0.5, 0.6) is 0 Å². The highest BCUT2D eigenvalue weighted by molar-refractivity contribution is 5.88. The zero-order valence-corrected chi connectivity index (χ0v) is 8.90. The second-order valence-corrected chi connectivity index (χ2v) is 4.42.